The zero-order chi connectivity index (χ0) is 13.3. The van der Waals surface area contributed by atoms with E-state index in [1.807, 2.05) is 6.20 Å². The maximum atomic E-state index is 11.8. The minimum absolute atomic E-state index is 0.112. The van der Waals surface area contributed by atoms with E-state index in [4.69, 9.17) is 0 Å². The monoisotopic (exact) mass is 266 g/mol. The zero-order valence-electron chi connectivity index (χ0n) is 11.2. The van der Waals surface area contributed by atoms with Gasteiger partial charge in [0.2, 0.25) is 5.91 Å². The molecular formula is C12H22N6O. The van der Waals surface area contributed by atoms with Crippen molar-refractivity contribution in [1.82, 2.24) is 30.5 Å². The molecule has 2 rings (SSSR count). The van der Waals surface area contributed by atoms with Gasteiger partial charge in [0.05, 0.1) is 12.7 Å². The Morgan fingerprint density at radius 1 is 1.37 bits per heavy atom. The summed E-state index contributed by atoms with van der Waals surface area (Å²) < 4.78 is 1.77. The lowest BCUT2D eigenvalue weighted by molar-refractivity contribution is -0.122. The molecule has 0 radical (unpaired) electrons. The van der Waals surface area contributed by atoms with Crippen LogP contribution in [0.1, 0.15) is 12.8 Å². The Bertz CT molecular complexity index is 358. The molecule has 1 amide bonds. The lowest BCUT2D eigenvalue weighted by Gasteiger charge is -2.18. The van der Waals surface area contributed by atoms with Gasteiger partial charge in [-0.3, -0.25) is 14.4 Å². The summed E-state index contributed by atoms with van der Waals surface area (Å²) in [5, 5.41) is 13.9. The number of nitrogens with zero attached hydrogens (tertiary/aromatic N) is 4. The second-order valence-electron chi connectivity index (χ2n) is 4.75. The van der Waals surface area contributed by atoms with Crippen molar-refractivity contribution in [2.45, 2.75) is 19.4 Å². The normalized spacial score (nSPS) is 17.1. The van der Waals surface area contributed by atoms with Gasteiger partial charge in [0.25, 0.3) is 0 Å². The number of hydrogen-bond donors (Lipinski definition) is 2. The van der Waals surface area contributed by atoms with Crippen LogP contribution in [-0.4, -0.2) is 65.1 Å². The molecular weight excluding hydrogens is 244 g/mol. The lowest BCUT2D eigenvalue weighted by Crippen LogP contribution is -2.39. The highest BCUT2D eigenvalue weighted by atomic mass is 16.2. The Labute approximate surface area is 113 Å². The van der Waals surface area contributed by atoms with Crippen LogP contribution in [0.5, 0.6) is 0 Å². The van der Waals surface area contributed by atoms with E-state index in [-0.39, 0.29) is 5.91 Å². The number of aromatic nitrogens is 3. The van der Waals surface area contributed by atoms with Crippen molar-refractivity contribution in [3.8, 4) is 0 Å². The first-order valence-electron chi connectivity index (χ1n) is 6.88. The summed E-state index contributed by atoms with van der Waals surface area (Å²) >= 11 is 0. The van der Waals surface area contributed by atoms with Crippen LogP contribution in [0.25, 0.3) is 0 Å². The number of aryl methyl sites for hydroxylation is 1. The third-order valence-electron chi connectivity index (χ3n) is 3.16. The van der Waals surface area contributed by atoms with E-state index in [2.05, 4.69) is 25.8 Å². The van der Waals surface area contributed by atoms with Crippen LogP contribution in [0.4, 0.5) is 0 Å². The summed E-state index contributed by atoms with van der Waals surface area (Å²) in [7, 11) is 0. The van der Waals surface area contributed by atoms with Crippen molar-refractivity contribution in [3.05, 3.63) is 12.4 Å². The first-order valence-corrected chi connectivity index (χ1v) is 6.88. The highest BCUT2D eigenvalue weighted by Gasteiger charge is 2.11. The number of nitrogens with one attached hydrogen (secondary N) is 2. The highest BCUT2D eigenvalue weighted by molar-refractivity contribution is 5.77. The van der Waals surface area contributed by atoms with Crippen LogP contribution in [0.15, 0.2) is 12.4 Å². The number of rotatable bonds is 6. The van der Waals surface area contributed by atoms with E-state index in [9.17, 15) is 4.79 Å². The predicted octanol–water partition coefficient (Wildman–Crippen LogP) is -0.920. The van der Waals surface area contributed by atoms with Crippen molar-refractivity contribution in [3.63, 3.8) is 0 Å². The standard InChI is InChI=1S/C12H22N6O/c19-12(11-17-7-1-3-13-5-9-17)14-4-2-8-18-10-6-15-16-18/h6,10,13H,1-5,7-9,11H2,(H,14,19). The summed E-state index contributed by atoms with van der Waals surface area (Å²) in [4.78, 5) is 14.0. The molecule has 1 aromatic heterocycles. The molecule has 1 saturated heterocycles. The third-order valence-corrected chi connectivity index (χ3v) is 3.16. The molecule has 0 bridgehead atoms. The average Bonchev–Trinajstić information content (AvgIpc) is 2.79. The topological polar surface area (TPSA) is 75.1 Å². The molecule has 19 heavy (non-hydrogen) atoms. The van der Waals surface area contributed by atoms with Gasteiger partial charge in [0, 0.05) is 32.4 Å². The lowest BCUT2D eigenvalue weighted by atomic mass is 10.3. The highest BCUT2D eigenvalue weighted by Crippen LogP contribution is 1.94. The Hall–Kier alpha value is -1.47. The molecule has 1 fully saturated rings. The van der Waals surface area contributed by atoms with Crippen LogP contribution in [-0.2, 0) is 11.3 Å². The summed E-state index contributed by atoms with van der Waals surface area (Å²) in [6, 6.07) is 0. The van der Waals surface area contributed by atoms with E-state index >= 15 is 0 Å². The van der Waals surface area contributed by atoms with Crippen LogP contribution in [0.3, 0.4) is 0 Å². The molecule has 1 aliphatic rings. The number of amides is 1. The maximum Gasteiger partial charge on any atom is 0.234 e. The number of carbonyl (C=O) groups excluding carboxylic acids is 1. The quantitative estimate of drug-likeness (QED) is 0.651. The Balaban J connectivity index is 1.56. The molecule has 0 aliphatic carbocycles. The maximum absolute atomic E-state index is 11.8. The number of carbonyl (C=O) groups is 1. The van der Waals surface area contributed by atoms with Crippen LogP contribution >= 0.6 is 0 Å². The van der Waals surface area contributed by atoms with Crippen molar-refractivity contribution in [2.75, 3.05) is 39.3 Å². The second-order valence-corrected chi connectivity index (χ2v) is 4.75. The minimum Gasteiger partial charge on any atom is -0.355 e. The summed E-state index contributed by atoms with van der Waals surface area (Å²) in [6.45, 7) is 5.95. The van der Waals surface area contributed by atoms with Crippen LogP contribution in [0.2, 0.25) is 0 Å². The van der Waals surface area contributed by atoms with Gasteiger partial charge in [-0.15, -0.1) is 5.10 Å². The fraction of sp³-hybridized carbons (Fsp3) is 0.750. The molecule has 2 heterocycles. The predicted molar refractivity (Wildman–Crippen MR) is 71.6 cm³/mol. The van der Waals surface area contributed by atoms with E-state index in [1.165, 1.54) is 0 Å². The van der Waals surface area contributed by atoms with Gasteiger partial charge in [-0.25, -0.2) is 0 Å². The van der Waals surface area contributed by atoms with Gasteiger partial charge in [-0.05, 0) is 25.9 Å². The van der Waals surface area contributed by atoms with Crippen molar-refractivity contribution in [1.29, 1.82) is 0 Å². The first kappa shape index (κ1) is 14.0. The van der Waals surface area contributed by atoms with Crippen molar-refractivity contribution >= 4 is 5.91 Å². The van der Waals surface area contributed by atoms with Gasteiger partial charge in [-0.1, -0.05) is 5.21 Å². The average molecular weight is 266 g/mol. The van der Waals surface area contributed by atoms with Gasteiger partial charge in [-0.2, -0.15) is 0 Å². The molecule has 0 unspecified atom stereocenters. The van der Waals surface area contributed by atoms with Gasteiger partial charge < -0.3 is 10.6 Å². The SMILES string of the molecule is O=C(CN1CCCNCC1)NCCCn1ccnn1. The molecule has 7 heteroatoms. The minimum atomic E-state index is 0.112. The summed E-state index contributed by atoms with van der Waals surface area (Å²) in [5.41, 5.74) is 0. The third kappa shape index (κ3) is 5.35. The van der Waals surface area contributed by atoms with Gasteiger partial charge in [0.15, 0.2) is 0 Å². The Morgan fingerprint density at radius 2 is 2.32 bits per heavy atom. The molecule has 106 valence electrons. The Morgan fingerprint density at radius 3 is 3.16 bits per heavy atom. The van der Waals surface area contributed by atoms with E-state index in [1.54, 1.807) is 10.9 Å². The first-order chi connectivity index (χ1) is 9.34. The van der Waals surface area contributed by atoms with E-state index in [0.29, 0.717) is 13.1 Å². The molecule has 0 aromatic carbocycles. The molecule has 0 atom stereocenters. The molecule has 7 nitrogen and oxygen atoms in total. The van der Waals surface area contributed by atoms with E-state index in [0.717, 1.165) is 45.6 Å². The Kier molecular flexibility index (Phi) is 5.77. The van der Waals surface area contributed by atoms with Crippen LogP contribution in [0, 0.1) is 0 Å². The molecule has 1 aromatic rings. The van der Waals surface area contributed by atoms with Crippen molar-refractivity contribution in [2.24, 2.45) is 0 Å². The fourth-order valence-corrected chi connectivity index (χ4v) is 2.14. The van der Waals surface area contributed by atoms with Gasteiger partial charge >= 0.3 is 0 Å². The largest absolute Gasteiger partial charge is 0.355 e. The second kappa shape index (κ2) is 7.85. The van der Waals surface area contributed by atoms with E-state index < -0.39 is 0 Å². The fourth-order valence-electron chi connectivity index (χ4n) is 2.14. The number of hydrogen-bond acceptors (Lipinski definition) is 5. The smallest absolute Gasteiger partial charge is 0.234 e. The molecule has 2 N–H and O–H groups in total. The van der Waals surface area contributed by atoms with Crippen molar-refractivity contribution < 1.29 is 4.79 Å². The molecule has 0 saturated carbocycles. The van der Waals surface area contributed by atoms with Gasteiger partial charge in [0.1, 0.15) is 0 Å². The molecule has 0 spiro atoms. The molecule has 1 aliphatic heterocycles. The van der Waals surface area contributed by atoms with Crippen LogP contribution < -0.4 is 10.6 Å². The zero-order valence-corrected chi connectivity index (χ0v) is 11.2. The summed E-state index contributed by atoms with van der Waals surface area (Å²) in [6.07, 6.45) is 5.47. The summed E-state index contributed by atoms with van der Waals surface area (Å²) in [5.74, 6) is 0.112.